The molecule has 0 atom stereocenters. The molecule has 0 unspecified atom stereocenters. The van der Waals surface area contributed by atoms with Crippen LogP contribution in [0, 0.1) is 11.6 Å². The summed E-state index contributed by atoms with van der Waals surface area (Å²) in [6, 6.07) is 8.92. The van der Waals surface area contributed by atoms with Gasteiger partial charge >= 0.3 is 0 Å². The predicted molar refractivity (Wildman–Crippen MR) is 76.3 cm³/mol. The van der Waals surface area contributed by atoms with Crippen LogP contribution in [0.15, 0.2) is 36.4 Å². The van der Waals surface area contributed by atoms with Crippen LogP contribution in [-0.2, 0) is 11.9 Å². The molecule has 0 N–H and O–H groups in total. The van der Waals surface area contributed by atoms with Gasteiger partial charge in [-0.15, -0.1) is 0 Å². The molecule has 0 heterocycles. The molecule has 2 rings (SSSR count). The molecule has 0 fully saturated rings. The number of hydrogen-bond acceptors (Lipinski definition) is 2. The molecule has 106 valence electrons. The standard InChI is InChI=1S/C15H13BrF2O2/c1-19-15-4-2-10(6-13(15)18)9-20-14-5-3-12(17)7-11(14)8-16/h2-7H,8-9H2,1H3. The molecule has 0 saturated carbocycles. The van der Waals surface area contributed by atoms with Crippen molar-refractivity contribution < 1.29 is 18.3 Å². The van der Waals surface area contributed by atoms with Crippen molar-refractivity contribution >= 4 is 15.9 Å². The van der Waals surface area contributed by atoms with Gasteiger partial charge in [0.05, 0.1) is 7.11 Å². The van der Waals surface area contributed by atoms with Crippen LogP contribution in [0.2, 0.25) is 0 Å². The molecule has 0 amide bonds. The van der Waals surface area contributed by atoms with Gasteiger partial charge in [0.15, 0.2) is 11.6 Å². The molecule has 0 spiro atoms. The Kier molecular flexibility index (Phi) is 4.95. The Morgan fingerprint density at radius 1 is 1.05 bits per heavy atom. The summed E-state index contributed by atoms with van der Waals surface area (Å²) in [6.07, 6.45) is 0. The minimum Gasteiger partial charge on any atom is -0.494 e. The zero-order chi connectivity index (χ0) is 14.5. The molecule has 0 aliphatic heterocycles. The van der Waals surface area contributed by atoms with Crippen LogP contribution in [0.25, 0.3) is 0 Å². The zero-order valence-electron chi connectivity index (χ0n) is 10.8. The van der Waals surface area contributed by atoms with Crippen LogP contribution in [0.5, 0.6) is 11.5 Å². The lowest BCUT2D eigenvalue weighted by atomic mass is 10.2. The fourth-order valence-electron chi connectivity index (χ4n) is 1.75. The Bertz CT molecular complexity index is 602. The number of benzene rings is 2. The quantitative estimate of drug-likeness (QED) is 0.747. The maximum absolute atomic E-state index is 13.5. The molecule has 5 heteroatoms. The van der Waals surface area contributed by atoms with Gasteiger partial charge in [0.1, 0.15) is 18.2 Å². The largest absolute Gasteiger partial charge is 0.494 e. The first-order chi connectivity index (χ1) is 9.63. The van der Waals surface area contributed by atoms with E-state index >= 15 is 0 Å². The lowest BCUT2D eigenvalue weighted by molar-refractivity contribution is 0.302. The first-order valence-electron chi connectivity index (χ1n) is 5.93. The maximum atomic E-state index is 13.5. The predicted octanol–water partition coefficient (Wildman–Crippen LogP) is 4.45. The fourth-order valence-corrected chi connectivity index (χ4v) is 2.19. The van der Waals surface area contributed by atoms with E-state index in [1.807, 2.05) is 0 Å². The normalized spacial score (nSPS) is 10.4. The smallest absolute Gasteiger partial charge is 0.165 e. The van der Waals surface area contributed by atoms with Gasteiger partial charge < -0.3 is 9.47 Å². The SMILES string of the molecule is COc1ccc(COc2ccc(F)cc2CBr)cc1F. The van der Waals surface area contributed by atoms with Crippen molar-refractivity contribution in [2.75, 3.05) is 7.11 Å². The van der Waals surface area contributed by atoms with Gasteiger partial charge in [-0.25, -0.2) is 8.78 Å². The number of alkyl halides is 1. The topological polar surface area (TPSA) is 18.5 Å². The highest BCUT2D eigenvalue weighted by Gasteiger charge is 2.07. The van der Waals surface area contributed by atoms with Crippen LogP contribution in [0.1, 0.15) is 11.1 Å². The van der Waals surface area contributed by atoms with E-state index in [0.717, 1.165) is 0 Å². The Balaban J connectivity index is 2.10. The molecular formula is C15H13BrF2O2. The van der Waals surface area contributed by atoms with Crippen molar-refractivity contribution in [3.05, 3.63) is 59.2 Å². The highest BCUT2D eigenvalue weighted by molar-refractivity contribution is 9.08. The molecule has 0 aliphatic carbocycles. The monoisotopic (exact) mass is 342 g/mol. The number of hydrogen-bond donors (Lipinski definition) is 0. The van der Waals surface area contributed by atoms with Gasteiger partial charge in [0.2, 0.25) is 0 Å². The van der Waals surface area contributed by atoms with E-state index in [4.69, 9.17) is 9.47 Å². The van der Waals surface area contributed by atoms with Gasteiger partial charge in [-0.05, 0) is 35.9 Å². The first kappa shape index (κ1) is 14.8. The lowest BCUT2D eigenvalue weighted by Gasteiger charge is -2.11. The summed E-state index contributed by atoms with van der Waals surface area (Å²) in [6.45, 7) is 0.201. The Morgan fingerprint density at radius 2 is 1.80 bits per heavy atom. The van der Waals surface area contributed by atoms with E-state index in [-0.39, 0.29) is 18.2 Å². The molecule has 2 nitrogen and oxygen atoms in total. The average Bonchev–Trinajstić information content (AvgIpc) is 2.46. The van der Waals surface area contributed by atoms with Gasteiger partial charge in [-0.2, -0.15) is 0 Å². The fraction of sp³-hybridized carbons (Fsp3) is 0.200. The van der Waals surface area contributed by atoms with Crippen molar-refractivity contribution in [1.82, 2.24) is 0 Å². The lowest BCUT2D eigenvalue weighted by Crippen LogP contribution is -1.99. The minimum absolute atomic E-state index is 0.191. The third-order valence-electron chi connectivity index (χ3n) is 2.78. The molecule has 20 heavy (non-hydrogen) atoms. The van der Waals surface area contributed by atoms with Crippen molar-refractivity contribution in [2.45, 2.75) is 11.9 Å². The molecular weight excluding hydrogens is 330 g/mol. The maximum Gasteiger partial charge on any atom is 0.165 e. The van der Waals surface area contributed by atoms with Crippen LogP contribution in [0.4, 0.5) is 8.78 Å². The van der Waals surface area contributed by atoms with Gasteiger partial charge in [0.25, 0.3) is 0 Å². The Labute approximate surface area is 124 Å². The molecule has 2 aromatic rings. The van der Waals surface area contributed by atoms with Crippen LogP contribution in [-0.4, -0.2) is 7.11 Å². The molecule has 0 radical (unpaired) electrons. The Morgan fingerprint density at radius 3 is 2.45 bits per heavy atom. The van der Waals surface area contributed by atoms with Gasteiger partial charge in [-0.1, -0.05) is 22.0 Å². The Hall–Kier alpha value is -1.62. The van der Waals surface area contributed by atoms with Crippen molar-refractivity contribution in [3.63, 3.8) is 0 Å². The van der Waals surface area contributed by atoms with Gasteiger partial charge in [-0.3, -0.25) is 0 Å². The summed E-state index contributed by atoms with van der Waals surface area (Å²) in [7, 11) is 1.41. The van der Waals surface area contributed by atoms with Crippen LogP contribution in [0.3, 0.4) is 0 Å². The third kappa shape index (κ3) is 3.48. The molecule has 2 aromatic carbocycles. The summed E-state index contributed by atoms with van der Waals surface area (Å²) in [5, 5.41) is 0.483. The van der Waals surface area contributed by atoms with Crippen molar-refractivity contribution in [3.8, 4) is 11.5 Å². The molecule has 0 aliphatic rings. The summed E-state index contributed by atoms with van der Waals surface area (Å²) >= 11 is 3.28. The summed E-state index contributed by atoms with van der Waals surface area (Å²) < 4.78 is 37.1. The number of ether oxygens (including phenoxy) is 2. The van der Waals surface area contributed by atoms with Crippen LogP contribution >= 0.6 is 15.9 Å². The summed E-state index contributed by atoms with van der Waals surface area (Å²) in [5.41, 5.74) is 1.38. The highest BCUT2D eigenvalue weighted by Crippen LogP contribution is 2.24. The zero-order valence-corrected chi connectivity index (χ0v) is 12.4. The van der Waals surface area contributed by atoms with Gasteiger partial charge in [0, 0.05) is 10.9 Å². The number of methoxy groups -OCH3 is 1. The second-order valence-electron chi connectivity index (χ2n) is 4.14. The second-order valence-corrected chi connectivity index (χ2v) is 4.70. The van der Waals surface area contributed by atoms with E-state index in [2.05, 4.69) is 15.9 Å². The van der Waals surface area contributed by atoms with E-state index < -0.39 is 5.82 Å². The van der Waals surface area contributed by atoms with Crippen molar-refractivity contribution in [2.24, 2.45) is 0 Å². The average molecular weight is 343 g/mol. The van der Waals surface area contributed by atoms with E-state index in [1.165, 1.54) is 25.3 Å². The molecule has 0 bridgehead atoms. The first-order valence-corrected chi connectivity index (χ1v) is 7.06. The highest BCUT2D eigenvalue weighted by atomic mass is 79.9. The summed E-state index contributed by atoms with van der Waals surface area (Å²) in [5.74, 6) is 0.00638. The number of halogens is 3. The van der Waals surface area contributed by atoms with E-state index in [9.17, 15) is 8.78 Å². The second kappa shape index (κ2) is 6.70. The van der Waals surface area contributed by atoms with E-state index in [1.54, 1.807) is 18.2 Å². The van der Waals surface area contributed by atoms with Crippen LogP contribution < -0.4 is 9.47 Å². The molecule has 0 saturated heterocycles. The minimum atomic E-state index is -0.437. The molecule has 0 aromatic heterocycles. The summed E-state index contributed by atoms with van der Waals surface area (Å²) in [4.78, 5) is 0. The third-order valence-corrected chi connectivity index (χ3v) is 3.38. The van der Waals surface area contributed by atoms with E-state index in [0.29, 0.717) is 22.2 Å². The number of rotatable bonds is 5. The van der Waals surface area contributed by atoms with Crippen molar-refractivity contribution in [1.29, 1.82) is 0 Å².